The quantitative estimate of drug-likeness (QED) is 0.544. The zero-order valence-electron chi connectivity index (χ0n) is 15.6. The van der Waals surface area contributed by atoms with Gasteiger partial charge in [0.2, 0.25) is 15.9 Å². The zero-order chi connectivity index (χ0) is 21.7. The molecule has 0 spiro atoms. The molecule has 0 bridgehead atoms. The van der Waals surface area contributed by atoms with Gasteiger partial charge in [-0.3, -0.25) is 10.1 Å². The van der Waals surface area contributed by atoms with Crippen molar-refractivity contribution < 1.29 is 26.0 Å². The second-order valence-corrected chi connectivity index (χ2v) is 10.0. The van der Waals surface area contributed by atoms with Crippen LogP contribution in [0.15, 0.2) is 58.9 Å². The van der Waals surface area contributed by atoms with E-state index in [1.165, 1.54) is 40.7 Å². The molecule has 0 aliphatic carbocycles. The average molecular weight is 441 g/mol. The molecule has 0 saturated heterocycles. The molecular weight excluding hydrogens is 420 g/mol. The van der Waals surface area contributed by atoms with E-state index < -0.39 is 31.5 Å². The van der Waals surface area contributed by atoms with Crippen molar-refractivity contribution in [1.29, 1.82) is 0 Å². The van der Waals surface area contributed by atoms with Gasteiger partial charge in [-0.25, -0.2) is 16.8 Å². The van der Waals surface area contributed by atoms with Crippen LogP contribution in [0.3, 0.4) is 0 Å². The lowest BCUT2D eigenvalue weighted by molar-refractivity contribution is 0.102. The van der Waals surface area contributed by atoms with Crippen molar-refractivity contribution in [2.24, 2.45) is 0 Å². The van der Waals surface area contributed by atoms with Gasteiger partial charge >= 0.3 is 6.01 Å². The van der Waals surface area contributed by atoms with E-state index in [2.05, 4.69) is 28.7 Å². The van der Waals surface area contributed by atoms with E-state index in [1.807, 2.05) is 0 Å². The summed E-state index contributed by atoms with van der Waals surface area (Å²) in [6.45, 7) is 7.31. The highest BCUT2D eigenvalue weighted by Crippen LogP contribution is 2.17. The standard InChI is InChI=1S/C17H20N4O6S2/c1-4-10-21(11-5-2)29(25,26)14-8-6-13(7-9-14)16(22)18-17-20-19-15(27-17)12-28(3,23)24/h4-9H,1-2,10-12H2,3H3,(H,18,20,22). The molecule has 0 fully saturated rings. The minimum Gasteiger partial charge on any atom is -0.407 e. The van der Waals surface area contributed by atoms with E-state index >= 15 is 0 Å². The molecule has 0 atom stereocenters. The molecule has 1 heterocycles. The number of hydrogen-bond donors (Lipinski definition) is 1. The first-order valence-corrected chi connectivity index (χ1v) is 11.7. The first-order chi connectivity index (χ1) is 13.6. The fourth-order valence-corrected chi connectivity index (χ4v) is 4.19. The summed E-state index contributed by atoms with van der Waals surface area (Å²) in [6, 6.07) is 4.98. The van der Waals surface area contributed by atoms with Gasteiger partial charge in [-0.15, -0.1) is 18.3 Å². The molecule has 1 N–H and O–H groups in total. The third kappa shape index (κ3) is 6.07. The van der Waals surface area contributed by atoms with Crippen LogP contribution in [-0.4, -0.2) is 56.6 Å². The second kappa shape index (κ2) is 9.11. The number of hydrogen-bond acceptors (Lipinski definition) is 8. The maximum Gasteiger partial charge on any atom is 0.322 e. The molecule has 10 nitrogen and oxygen atoms in total. The van der Waals surface area contributed by atoms with Crippen LogP contribution in [0.4, 0.5) is 6.01 Å². The number of nitrogens with one attached hydrogen (secondary N) is 1. The molecule has 0 radical (unpaired) electrons. The van der Waals surface area contributed by atoms with Crippen molar-refractivity contribution in [3.63, 3.8) is 0 Å². The number of aromatic nitrogens is 2. The smallest absolute Gasteiger partial charge is 0.322 e. The number of anilines is 1. The summed E-state index contributed by atoms with van der Waals surface area (Å²) >= 11 is 0. The Balaban J connectivity index is 2.14. The summed E-state index contributed by atoms with van der Waals surface area (Å²) in [6.07, 6.45) is 3.94. The van der Waals surface area contributed by atoms with Gasteiger partial charge in [0.1, 0.15) is 5.75 Å². The molecule has 1 amide bonds. The normalized spacial score (nSPS) is 11.9. The maximum atomic E-state index is 12.6. The molecule has 1 aromatic heterocycles. The predicted molar refractivity (Wildman–Crippen MR) is 106 cm³/mol. The minimum absolute atomic E-state index is 0.00554. The molecule has 156 valence electrons. The van der Waals surface area contributed by atoms with Gasteiger partial charge in [-0.05, 0) is 24.3 Å². The van der Waals surface area contributed by atoms with Crippen LogP contribution in [0.25, 0.3) is 0 Å². The number of benzene rings is 1. The monoisotopic (exact) mass is 440 g/mol. The van der Waals surface area contributed by atoms with Crippen LogP contribution in [0.5, 0.6) is 0 Å². The van der Waals surface area contributed by atoms with Crippen LogP contribution in [0, 0.1) is 0 Å². The van der Waals surface area contributed by atoms with Crippen LogP contribution in [0.2, 0.25) is 0 Å². The SMILES string of the molecule is C=CCN(CC=C)S(=O)(=O)c1ccc(C(=O)Nc2nnc(CS(C)(=O)=O)o2)cc1. The summed E-state index contributed by atoms with van der Waals surface area (Å²) in [4.78, 5) is 12.3. The fraction of sp³-hybridized carbons (Fsp3) is 0.235. The molecule has 0 unspecified atom stereocenters. The van der Waals surface area contributed by atoms with E-state index in [-0.39, 0.29) is 35.5 Å². The number of carbonyl (C=O) groups excluding carboxylic acids is 1. The van der Waals surface area contributed by atoms with Crippen LogP contribution in [-0.2, 0) is 25.6 Å². The Morgan fingerprint density at radius 3 is 2.21 bits per heavy atom. The van der Waals surface area contributed by atoms with E-state index in [0.29, 0.717) is 0 Å². The molecule has 2 rings (SSSR count). The van der Waals surface area contributed by atoms with Crippen LogP contribution >= 0.6 is 0 Å². The van der Waals surface area contributed by atoms with Gasteiger partial charge in [0.15, 0.2) is 9.84 Å². The highest BCUT2D eigenvalue weighted by Gasteiger charge is 2.23. The Morgan fingerprint density at radius 2 is 1.69 bits per heavy atom. The summed E-state index contributed by atoms with van der Waals surface area (Å²) < 4.78 is 54.0. The summed E-state index contributed by atoms with van der Waals surface area (Å²) in [7, 11) is -7.14. The van der Waals surface area contributed by atoms with Crippen molar-refractivity contribution >= 4 is 31.8 Å². The number of carbonyl (C=O) groups is 1. The molecule has 0 saturated carbocycles. The largest absolute Gasteiger partial charge is 0.407 e. The third-order valence-electron chi connectivity index (χ3n) is 3.49. The summed E-state index contributed by atoms with van der Waals surface area (Å²) in [5.41, 5.74) is 0.144. The predicted octanol–water partition coefficient (Wildman–Crippen LogP) is 1.23. The molecule has 0 aliphatic rings. The molecule has 1 aromatic carbocycles. The van der Waals surface area contributed by atoms with Crippen molar-refractivity contribution in [1.82, 2.24) is 14.5 Å². The van der Waals surface area contributed by atoms with Gasteiger partial charge < -0.3 is 4.42 Å². The fourth-order valence-electron chi connectivity index (χ4n) is 2.24. The van der Waals surface area contributed by atoms with Gasteiger partial charge in [0.25, 0.3) is 5.91 Å². The Labute approximate surface area is 168 Å². The Hall–Kier alpha value is -2.83. The molecule has 0 aliphatic heterocycles. The van der Waals surface area contributed by atoms with Crippen LogP contribution < -0.4 is 5.32 Å². The summed E-state index contributed by atoms with van der Waals surface area (Å²) in [5.74, 6) is -1.24. The number of sulfone groups is 1. The van der Waals surface area contributed by atoms with E-state index in [1.54, 1.807) is 0 Å². The van der Waals surface area contributed by atoms with E-state index in [0.717, 1.165) is 6.26 Å². The van der Waals surface area contributed by atoms with Crippen molar-refractivity contribution in [2.45, 2.75) is 10.6 Å². The van der Waals surface area contributed by atoms with Gasteiger partial charge in [0, 0.05) is 24.9 Å². The highest BCUT2D eigenvalue weighted by molar-refractivity contribution is 7.90. The van der Waals surface area contributed by atoms with Crippen molar-refractivity contribution in [2.75, 3.05) is 24.7 Å². The molecule has 2 aromatic rings. The first kappa shape index (κ1) is 22.5. The highest BCUT2D eigenvalue weighted by atomic mass is 32.2. The molecule has 29 heavy (non-hydrogen) atoms. The van der Waals surface area contributed by atoms with Crippen molar-refractivity contribution in [3.8, 4) is 0 Å². The van der Waals surface area contributed by atoms with Gasteiger partial charge in [-0.1, -0.05) is 17.3 Å². The van der Waals surface area contributed by atoms with E-state index in [9.17, 15) is 21.6 Å². The number of amides is 1. The van der Waals surface area contributed by atoms with Crippen molar-refractivity contribution in [3.05, 3.63) is 61.0 Å². The Kier molecular flexibility index (Phi) is 7.06. The third-order valence-corrected chi connectivity index (χ3v) is 6.11. The second-order valence-electron chi connectivity index (χ2n) is 5.95. The Bertz CT molecular complexity index is 1100. The zero-order valence-corrected chi connectivity index (χ0v) is 17.2. The van der Waals surface area contributed by atoms with E-state index in [4.69, 9.17) is 4.42 Å². The lowest BCUT2D eigenvalue weighted by atomic mass is 10.2. The van der Waals surface area contributed by atoms with Gasteiger partial charge in [-0.2, -0.15) is 4.31 Å². The minimum atomic E-state index is -3.78. The van der Waals surface area contributed by atoms with Gasteiger partial charge in [0.05, 0.1) is 4.90 Å². The lowest BCUT2D eigenvalue weighted by Crippen LogP contribution is -2.31. The maximum absolute atomic E-state index is 12.6. The number of sulfonamides is 1. The topological polar surface area (TPSA) is 140 Å². The Morgan fingerprint density at radius 1 is 1.10 bits per heavy atom. The lowest BCUT2D eigenvalue weighted by Gasteiger charge is -2.19. The molecule has 12 heteroatoms. The average Bonchev–Trinajstić information content (AvgIpc) is 3.06. The number of rotatable bonds is 10. The number of nitrogens with zero attached hydrogens (tertiary/aromatic N) is 3. The first-order valence-electron chi connectivity index (χ1n) is 8.20. The molecular formula is C17H20N4O6S2. The van der Waals surface area contributed by atoms with Crippen LogP contribution in [0.1, 0.15) is 16.2 Å². The summed E-state index contributed by atoms with van der Waals surface area (Å²) in [5, 5.41) is 9.42.